The molecule has 0 spiro atoms. The molecule has 37 heavy (non-hydrogen) atoms. The molecule has 0 amide bonds. The first-order chi connectivity index (χ1) is 17.9. The number of benzene rings is 1. The van der Waals surface area contributed by atoms with Crippen molar-refractivity contribution >= 4 is 6.29 Å². The molecule has 0 bridgehead atoms. The lowest BCUT2D eigenvalue weighted by molar-refractivity contribution is -0.109. The van der Waals surface area contributed by atoms with Crippen molar-refractivity contribution in [1.29, 1.82) is 0 Å². The molecule has 6 heteroatoms. The fraction of sp³-hybridized carbons (Fsp3) is 0.645. The van der Waals surface area contributed by atoms with Crippen molar-refractivity contribution in [2.45, 2.75) is 63.8 Å². The van der Waals surface area contributed by atoms with Gasteiger partial charge in [0.05, 0.1) is 13.2 Å². The maximum atomic E-state index is 11.1. The number of carbonyl (C=O) groups is 1. The molecule has 2 unspecified atom stereocenters. The topological polar surface area (TPSA) is 41.0 Å². The van der Waals surface area contributed by atoms with Crippen molar-refractivity contribution < 1.29 is 9.53 Å². The molecule has 1 fully saturated rings. The third-order valence-electron chi connectivity index (χ3n) is 7.85. The fourth-order valence-corrected chi connectivity index (χ4v) is 5.57. The number of hydrogen-bond acceptors (Lipinski definition) is 5. The van der Waals surface area contributed by atoms with Crippen LogP contribution in [0, 0.1) is 0 Å². The van der Waals surface area contributed by atoms with Crippen LogP contribution in [-0.4, -0.2) is 92.1 Å². The summed E-state index contributed by atoms with van der Waals surface area (Å²) in [5.74, 6) is 1.57. The van der Waals surface area contributed by atoms with E-state index in [4.69, 9.17) is 4.74 Å². The van der Waals surface area contributed by atoms with E-state index in [1.54, 1.807) is 0 Å². The normalized spacial score (nSPS) is 19.1. The molecule has 2 aliphatic rings. The average Bonchev–Trinajstić information content (AvgIpc) is 3.61. The van der Waals surface area contributed by atoms with Gasteiger partial charge in [-0.3, -0.25) is 4.90 Å². The minimum Gasteiger partial charge on any atom is -0.493 e. The van der Waals surface area contributed by atoms with E-state index in [0.717, 1.165) is 50.9 Å². The van der Waals surface area contributed by atoms with E-state index < -0.39 is 0 Å². The predicted octanol–water partition coefficient (Wildman–Crippen LogP) is 4.62. The predicted molar refractivity (Wildman–Crippen MR) is 154 cm³/mol. The summed E-state index contributed by atoms with van der Waals surface area (Å²) in [5, 5.41) is 0. The summed E-state index contributed by atoms with van der Waals surface area (Å²) in [6, 6.07) is 11.4. The maximum Gasteiger partial charge on any atom is 0.133 e. The number of likely N-dealkylation sites (tertiary alicyclic amines) is 1. The third-order valence-corrected chi connectivity index (χ3v) is 7.85. The zero-order chi connectivity index (χ0) is 26.6. The minimum absolute atomic E-state index is 0.481. The Bertz CT molecular complexity index is 941. The van der Waals surface area contributed by atoms with Gasteiger partial charge in [0, 0.05) is 37.9 Å². The van der Waals surface area contributed by atoms with Gasteiger partial charge in [-0.1, -0.05) is 25.5 Å². The number of carbonyl (C=O) groups excluding carboxylic acids is 1. The summed E-state index contributed by atoms with van der Waals surface area (Å²) in [4.78, 5) is 18.2. The van der Waals surface area contributed by atoms with E-state index in [9.17, 15) is 4.79 Å². The lowest BCUT2D eigenvalue weighted by Crippen LogP contribution is -2.31. The van der Waals surface area contributed by atoms with Crippen LogP contribution in [0.4, 0.5) is 0 Å². The maximum absolute atomic E-state index is 11.1. The highest BCUT2D eigenvalue weighted by atomic mass is 16.5. The monoisotopic (exact) mass is 510 g/mol. The van der Waals surface area contributed by atoms with Gasteiger partial charge >= 0.3 is 0 Å². The number of ether oxygens (including phenoxy) is 1. The van der Waals surface area contributed by atoms with E-state index >= 15 is 0 Å². The number of aromatic nitrogens is 1. The van der Waals surface area contributed by atoms with E-state index in [1.807, 2.05) is 0 Å². The van der Waals surface area contributed by atoms with Crippen LogP contribution in [0.1, 0.15) is 61.8 Å². The molecule has 4 rings (SSSR count). The zero-order valence-electron chi connectivity index (χ0n) is 24.0. The third kappa shape index (κ3) is 9.27. The number of hydrogen-bond donors (Lipinski definition) is 0. The van der Waals surface area contributed by atoms with Crippen molar-refractivity contribution in [3.63, 3.8) is 0 Å². The summed E-state index contributed by atoms with van der Waals surface area (Å²) in [7, 11) is 8.58. The average molecular weight is 511 g/mol. The SMILES string of the molecule is CCCCN(C)CCCN(C)C.Cn1cccc1CCC1CC(c2ccc3c(c2)CCO3)CN1CC=O. The Balaban J connectivity index is 0.000000270. The molecule has 1 aromatic carbocycles. The number of unbranched alkanes of at least 4 members (excludes halogenated alkanes) is 1. The number of aldehydes is 1. The molecule has 0 aliphatic carbocycles. The van der Waals surface area contributed by atoms with Gasteiger partial charge in [0.15, 0.2) is 0 Å². The van der Waals surface area contributed by atoms with Crippen molar-refractivity contribution in [2.75, 3.05) is 60.5 Å². The van der Waals surface area contributed by atoms with Gasteiger partial charge in [-0.15, -0.1) is 0 Å². The molecule has 1 saturated heterocycles. The molecule has 0 N–H and O–H groups in total. The number of nitrogens with zero attached hydrogens (tertiary/aromatic N) is 4. The first kappa shape index (κ1) is 29.4. The van der Waals surface area contributed by atoms with Gasteiger partial charge in [-0.05, 0) is 108 Å². The Hall–Kier alpha value is -2.15. The van der Waals surface area contributed by atoms with E-state index in [0.29, 0.717) is 18.5 Å². The molecule has 3 heterocycles. The number of rotatable bonds is 13. The minimum atomic E-state index is 0.481. The van der Waals surface area contributed by atoms with Crippen LogP contribution in [0.15, 0.2) is 36.5 Å². The second-order valence-corrected chi connectivity index (χ2v) is 11.1. The van der Waals surface area contributed by atoms with Gasteiger partial charge in [0.25, 0.3) is 0 Å². The Kier molecular flexibility index (Phi) is 12.2. The van der Waals surface area contributed by atoms with Crippen LogP contribution in [0.5, 0.6) is 5.75 Å². The summed E-state index contributed by atoms with van der Waals surface area (Å²) >= 11 is 0. The Labute approximate surface area is 225 Å². The second-order valence-electron chi connectivity index (χ2n) is 11.1. The highest BCUT2D eigenvalue weighted by molar-refractivity contribution is 5.52. The van der Waals surface area contributed by atoms with Crippen LogP contribution in [0.3, 0.4) is 0 Å². The quantitative estimate of drug-likeness (QED) is 0.368. The van der Waals surface area contributed by atoms with Crippen LogP contribution in [0.25, 0.3) is 0 Å². The molecular weight excluding hydrogens is 460 g/mol. The van der Waals surface area contributed by atoms with Gasteiger partial charge in [0.1, 0.15) is 12.0 Å². The summed E-state index contributed by atoms with van der Waals surface area (Å²) < 4.78 is 7.82. The molecule has 0 radical (unpaired) electrons. The van der Waals surface area contributed by atoms with Crippen LogP contribution in [-0.2, 0) is 24.7 Å². The standard InChI is InChI=1S/C21H26N2O2.C10H24N2/c1-22-9-2-3-19(22)5-6-20-14-18(15-23(20)10-11-24)16-4-7-21-17(13-16)8-12-25-21;1-5-6-9-12(4)10-7-8-11(2)3/h2-4,7,9,11,13,18,20H,5-6,8,10,12,14-15H2,1H3;5-10H2,1-4H3. The second kappa shape index (κ2) is 15.3. The van der Waals surface area contributed by atoms with Gasteiger partial charge in [0.2, 0.25) is 0 Å². The van der Waals surface area contributed by atoms with Crippen molar-refractivity contribution in [3.8, 4) is 5.75 Å². The Morgan fingerprint density at radius 2 is 1.92 bits per heavy atom. The fourth-order valence-electron chi connectivity index (χ4n) is 5.57. The Morgan fingerprint density at radius 3 is 2.62 bits per heavy atom. The summed E-state index contributed by atoms with van der Waals surface area (Å²) in [6.45, 7) is 8.27. The van der Waals surface area contributed by atoms with E-state index in [2.05, 4.69) is 90.9 Å². The largest absolute Gasteiger partial charge is 0.493 e. The van der Waals surface area contributed by atoms with Gasteiger partial charge < -0.3 is 23.9 Å². The first-order valence-corrected chi connectivity index (χ1v) is 14.3. The molecule has 0 saturated carbocycles. The number of fused-ring (bicyclic) bond motifs is 1. The molecule has 6 nitrogen and oxygen atoms in total. The molecule has 206 valence electrons. The highest BCUT2D eigenvalue weighted by Gasteiger charge is 2.33. The molecular formula is C31H50N4O2. The summed E-state index contributed by atoms with van der Waals surface area (Å²) in [6.07, 6.45) is 11.4. The molecule has 2 aromatic rings. The van der Waals surface area contributed by atoms with Crippen molar-refractivity contribution in [3.05, 3.63) is 53.3 Å². The van der Waals surface area contributed by atoms with Crippen LogP contribution >= 0.6 is 0 Å². The molecule has 2 atom stereocenters. The van der Waals surface area contributed by atoms with Crippen LogP contribution in [0.2, 0.25) is 0 Å². The van der Waals surface area contributed by atoms with Gasteiger partial charge in [-0.25, -0.2) is 0 Å². The molecule has 2 aliphatic heterocycles. The highest BCUT2D eigenvalue weighted by Crippen LogP contribution is 2.36. The summed E-state index contributed by atoms with van der Waals surface area (Å²) in [5.41, 5.74) is 4.11. The molecule has 1 aromatic heterocycles. The first-order valence-electron chi connectivity index (χ1n) is 14.3. The van der Waals surface area contributed by atoms with Crippen LogP contribution < -0.4 is 4.74 Å². The van der Waals surface area contributed by atoms with E-state index in [-0.39, 0.29) is 0 Å². The lowest BCUT2D eigenvalue weighted by Gasteiger charge is -2.21. The zero-order valence-corrected chi connectivity index (χ0v) is 24.0. The van der Waals surface area contributed by atoms with E-state index in [1.165, 1.54) is 55.7 Å². The van der Waals surface area contributed by atoms with Crippen molar-refractivity contribution in [2.24, 2.45) is 7.05 Å². The Morgan fingerprint density at radius 1 is 1.11 bits per heavy atom. The van der Waals surface area contributed by atoms with Gasteiger partial charge in [-0.2, -0.15) is 0 Å². The van der Waals surface area contributed by atoms with Crippen molar-refractivity contribution in [1.82, 2.24) is 19.3 Å². The number of aryl methyl sites for hydroxylation is 2. The smallest absolute Gasteiger partial charge is 0.133 e. The lowest BCUT2D eigenvalue weighted by atomic mass is 9.93.